The molecule has 4 atom stereocenters. The third-order valence-corrected chi connectivity index (χ3v) is 16.2. The molecular formula is C66H98N8O10. The van der Waals surface area contributed by atoms with Crippen molar-refractivity contribution in [2.45, 2.75) is 199 Å². The molecule has 0 aliphatic carbocycles. The number of nitrogens with zero attached hydrogens (tertiary/aromatic N) is 8. The van der Waals surface area contributed by atoms with Crippen molar-refractivity contribution in [2.24, 2.45) is 44.1 Å². The van der Waals surface area contributed by atoms with Gasteiger partial charge in [0.25, 0.3) is 22.9 Å². The summed E-state index contributed by atoms with van der Waals surface area (Å²) in [6.07, 6.45) is 16.5. The van der Waals surface area contributed by atoms with E-state index in [-0.39, 0.29) is 58.9 Å². The molecule has 0 aliphatic rings. The highest BCUT2D eigenvalue weighted by Gasteiger charge is 2.30. The first-order valence-electron chi connectivity index (χ1n) is 31.3. The lowest BCUT2D eigenvalue weighted by Gasteiger charge is -2.31. The summed E-state index contributed by atoms with van der Waals surface area (Å²) < 4.78 is 12.2. The zero-order valence-electron chi connectivity index (χ0n) is 52.6. The molecule has 2 aromatic carbocycles. The number of hydrogen-bond acceptors (Lipinski definition) is 14. The number of amides is 2. The monoisotopic (exact) mass is 1160 g/mol. The van der Waals surface area contributed by atoms with Crippen LogP contribution in [0, 0.1) is 37.5 Å². The summed E-state index contributed by atoms with van der Waals surface area (Å²) in [4.78, 5) is 88.6. The highest BCUT2D eigenvalue weighted by atomic mass is 16.5. The van der Waals surface area contributed by atoms with Crippen LogP contribution in [0.5, 0.6) is 11.8 Å². The van der Waals surface area contributed by atoms with Crippen LogP contribution in [0.2, 0.25) is 0 Å². The van der Waals surface area contributed by atoms with Crippen LogP contribution in [0.3, 0.4) is 0 Å². The van der Waals surface area contributed by atoms with Gasteiger partial charge < -0.3 is 29.5 Å². The Morgan fingerprint density at radius 1 is 0.488 bits per heavy atom. The summed E-state index contributed by atoms with van der Waals surface area (Å²) in [6, 6.07) is 13.4. The van der Waals surface area contributed by atoms with Gasteiger partial charge in [-0.2, -0.15) is 10.2 Å². The van der Waals surface area contributed by atoms with Crippen LogP contribution in [0.25, 0.3) is 0 Å². The van der Waals surface area contributed by atoms with Crippen molar-refractivity contribution in [3.05, 3.63) is 103 Å². The van der Waals surface area contributed by atoms with Crippen LogP contribution in [-0.4, -0.2) is 92.3 Å². The van der Waals surface area contributed by atoms with Crippen LogP contribution in [0.1, 0.15) is 225 Å². The van der Waals surface area contributed by atoms with E-state index in [2.05, 4.69) is 75.8 Å². The SMILES string of the molecule is CCCCC(CC)CN(CC(CC)CCCC)C(=O)c1cccc(/N=N/c2c(C)c(C(=O)OCC)c(=O)n(CCn3c(O)c(/N=N/c4cccc(C(=O)N(CC(CC)CCCC)CC(CC)CCCC)c4)c(C)c(C(=O)OCC)c3=O)c2O)c1. The summed E-state index contributed by atoms with van der Waals surface area (Å²) >= 11 is 0. The molecule has 462 valence electrons. The maximum atomic E-state index is 14.5. The minimum atomic E-state index is -0.998. The molecule has 0 fully saturated rings. The van der Waals surface area contributed by atoms with Gasteiger partial charge in [0.1, 0.15) is 22.5 Å². The molecule has 0 saturated heterocycles. The first kappa shape index (κ1) is 69.5. The van der Waals surface area contributed by atoms with Gasteiger partial charge in [-0.25, -0.2) is 9.59 Å². The molecule has 2 amide bonds. The lowest BCUT2D eigenvalue weighted by Crippen LogP contribution is -2.39. The van der Waals surface area contributed by atoms with E-state index < -0.39 is 59.0 Å². The second-order valence-electron chi connectivity index (χ2n) is 22.3. The van der Waals surface area contributed by atoms with Gasteiger partial charge in [-0.05, 0) is 113 Å². The van der Waals surface area contributed by atoms with Crippen molar-refractivity contribution in [1.29, 1.82) is 0 Å². The predicted molar refractivity (Wildman–Crippen MR) is 332 cm³/mol. The lowest BCUT2D eigenvalue weighted by molar-refractivity contribution is 0.0512. The molecule has 0 spiro atoms. The zero-order valence-corrected chi connectivity index (χ0v) is 52.6. The number of aromatic nitrogens is 2. The molecular weight excluding hydrogens is 1060 g/mol. The number of unbranched alkanes of at least 4 members (excludes halogenated alkanes) is 4. The molecule has 18 nitrogen and oxygen atoms in total. The second-order valence-corrected chi connectivity index (χ2v) is 22.3. The van der Waals surface area contributed by atoms with Crippen LogP contribution in [-0.2, 0) is 22.6 Å². The van der Waals surface area contributed by atoms with Crippen molar-refractivity contribution in [2.75, 3.05) is 39.4 Å². The number of hydrogen-bond donors (Lipinski definition) is 2. The lowest BCUT2D eigenvalue weighted by atomic mass is 9.95. The van der Waals surface area contributed by atoms with Gasteiger partial charge in [-0.15, -0.1) is 10.2 Å². The summed E-state index contributed by atoms with van der Waals surface area (Å²) in [6.45, 7) is 24.6. The van der Waals surface area contributed by atoms with Crippen LogP contribution in [0.15, 0.2) is 78.6 Å². The minimum Gasteiger partial charge on any atom is -0.493 e. The zero-order chi connectivity index (χ0) is 61.9. The van der Waals surface area contributed by atoms with E-state index in [4.69, 9.17) is 9.47 Å². The van der Waals surface area contributed by atoms with E-state index in [1.165, 1.54) is 13.8 Å². The minimum absolute atomic E-state index is 0.0416. The number of rotatable bonds is 37. The fraction of sp³-hybridized carbons (Fsp3) is 0.606. The predicted octanol–water partition coefficient (Wildman–Crippen LogP) is 15.7. The van der Waals surface area contributed by atoms with E-state index in [1.54, 1.807) is 62.4 Å². The Morgan fingerprint density at radius 3 is 1.07 bits per heavy atom. The first-order chi connectivity index (χ1) is 40.4. The number of ether oxygens (including phenoxy) is 2. The van der Waals surface area contributed by atoms with Gasteiger partial charge in [0.15, 0.2) is 0 Å². The van der Waals surface area contributed by atoms with Crippen molar-refractivity contribution < 1.29 is 38.9 Å². The Labute approximate surface area is 499 Å². The highest BCUT2D eigenvalue weighted by Crippen LogP contribution is 2.36. The third kappa shape index (κ3) is 19.3. The number of pyridine rings is 2. The van der Waals surface area contributed by atoms with Crippen LogP contribution < -0.4 is 11.1 Å². The molecule has 2 N–H and O–H groups in total. The van der Waals surface area contributed by atoms with Gasteiger partial charge >= 0.3 is 11.9 Å². The molecule has 0 radical (unpaired) electrons. The fourth-order valence-corrected chi connectivity index (χ4v) is 10.7. The maximum Gasteiger partial charge on any atom is 0.344 e. The average Bonchev–Trinajstić information content (AvgIpc) is 1.68. The average molecular weight is 1160 g/mol. The van der Waals surface area contributed by atoms with Crippen molar-refractivity contribution in [3.8, 4) is 11.8 Å². The molecule has 2 aromatic heterocycles. The summed E-state index contributed by atoms with van der Waals surface area (Å²) in [5.74, 6) is -2.31. The molecule has 4 rings (SSSR count). The van der Waals surface area contributed by atoms with Gasteiger partial charge in [0.2, 0.25) is 11.8 Å². The first-order valence-corrected chi connectivity index (χ1v) is 31.3. The largest absolute Gasteiger partial charge is 0.493 e. The number of azo groups is 2. The Bertz CT molecular complexity index is 2730. The molecule has 0 saturated carbocycles. The Kier molecular flexibility index (Phi) is 29.8. The van der Waals surface area contributed by atoms with E-state index >= 15 is 0 Å². The molecule has 2 heterocycles. The Hall–Kier alpha value is -6.98. The molecule has 84 heavy (non-hydrogen) atoms. The third-order valence-electron chi connectivity index (χ3n) is 16.2. The number of aromatic hydroxyl groups is 2. The van der Waals surface area contributed by atoms with E-state index in [1.807, 2.05) is 9.80 Å². The Balaban J connectivity index is 1.80. The normalized spacial score (nSPS) is 13.0. The van der Waals surface area contributed by atoms with Gasteiger partial charge in [0.05, 0.1) is 24.6 Å². The van der Waals surface area contributed by atoms with Gasteiger partial charge in [0, 0.05) is 61.5 Å². The summed E-state index contributed by atoms with van der Waals surface area (Å²) in [5, 5.41) is 41.5. The summed E-state index contributed by atoms with van der Waals surface area (Å²) in [7, 11) is 0. The molecule has 0 aliphatic heterocycles. The van der Waals surface area contributed by atoms with Gasteiger partial charge in [-0.1, -0.05) is 145 Å². The number of benzene rings is 2. The van der Waals surface area contributed by atoms with Crippen LogP contribution >= 0.6 is 0 Å². The van der Waals surface area contributed by atoms with Crippen molar-refractivity contribution in [3.63, 3.8) is 0 Å². The molecule has 18 heteroatoms. The fourth-order valence-electron chi connectivity index (χ4n) is 10.7. The molecule has 0 bridgehead atoms. The van der Waals surface area contributed by atoms with Crippen LogP contribution in [0.4, 0.5) is 22.7 Å². The van der Waals surface area contributed by atoms with Crippen molar-refractivity contribution >= 4 is 46.5 Å². The number of esters is 2. The quantitative estimate of drug-likeness (QED) is 0.0321. The molecule has 4 unspecified atom stereocenters. The standard InChI is InChI=1S/C66H98N8O10/c1-13-23-29-47(17-5)41-71(42-48(18-6)30-24-14-2)59(75)51-33-27-35-53(39-51)67-69-57-45(11)55(65(81)83-21-9)61(77)73(63(57)79)37-38-74-62(78)56(66(82)84-22-10)46(12)58(64(74)80)70-68-54-36-28-34-52(40-54)60(76)72(43-49(19-7)31-25-15-3)44-50(20-8)32-26-16-4/h27-28,33-36,39-40,47-50,79-80H,13-26,29-32,37-38,41-44H2,1-12H3/b69-67+,70-68+. The maximum absolute atomic E-state index is 14.5. The molecule has 4 aromatic rings. The van der Waals surface area contributed by atoms with Gasteiger partial charge in [-0.3, -0.25) is 28.3 Å². The Morgan fingerprint density at radius 2 is 0.798 bits per heavy atom. The number of carbonyl (C=O) groups excluding carboxylic acids is 4. The van der Waals surface area contributed by atoms with E-state index in [9.17, 15) is 39.0 Å². The second kappa shape index (κ2) is 36.0. The smallest absolute Gasteiger partial charge is 0.344 e. The van der Waals surface area contributed by atoms with Crippen molar-refractivity contribution in [1.82, 2.24) is 18.9 Å². The van der Waals surface area contributed by atoms with E-state index in [0.717, 1.165) is 112 Å². The topological polar surface area (TPSA) is 227 Å². The summed E-state index contributed by atoms with van der Waals surface area (Å²) in [5.41, 5.74) is -2.16. The van der Waals surface area contributed by atoms with E-state index in [0.29, 0.717) is 61.0 Å². The highest BCUT2D eigenvalue weighted by molar-refractivity contribution is 5.96. The number of carbonyl (C=O) groups is 4.